The van der Waals surface area contributed by atoms with Crippen LogP contribution in [0.2, 0.25) is 5.02 Å². The van der Waals surface area contributed by atoms with Crippen LogP contribution in [0.4, 0.5) is 20.6 Å². The quantitative estimate of drug-likeness (QED) is 0.198. The number of nitrogens with one attached hydrogen (secondary N) is 3. The minimum Gasteiger partial charge on any atom is -0.395 e. The van der Waals surface area contributed by atoms with Gasteiger partial charge in [0.25, 0.3) is 0 Å². The molecular formula is C28H31ClFN8O4+. The van der Waals surface area contributed by atoms with Crippen LogP contribution in [0.1, 0.15) is 25.3 Å². The Labute approximate surface area is 246 Å². The lowest BCUT2D eigenvalue weighted by Crippen LogP contribution is -2.56. The molecule has 4 amide bonds. The standard InChI is InChI=1S/C28H30ClFN8O4/c1-2-37(11-13-39)25(40)9-8-23-24-17-32-10-12-38(24,31)26(35-23)27(41)34-20-5-3-4-18(14-20)16-33-28(42)36-22-7-6-19(29)15-21(22)30/h3-7,10,12,14-15,17,39H,2,8-9,11,13,16,31H2,1H3,(H2-,33,34,36,41,42)/p+1. The van der Waals surface area contributed by atoms with Crippen LogP contribution in [0.15, 0.2) is 76.2 Å². The molecule has 2 aliphatic heterocycles. The Morgan fingerprint density at radius 1 is 1.17 bits per heavy atom. The number of rotatable bonds is 11. The van der Waals surface area contributed by atoms with E-state index in [0.717, 1.165) is 6.07 Å². The Morgan fingerprint density at radius 2 is 1.98 bits per heavy atom. The van der Waals surface area contributed by atoms with Gasteiger partial charge in [-0.25, -0.2) is 9.18 Å². The average molecular weight is 598 g/mol. The lowest BCUT2D eigenvalue weighted by atomic mass is 10.2. The summed E-state index contributed by atoms with van der Waals surface area (Å²) in [5.41, 5.74) is 2.01. The number of fused-ring (bicyclic) bond motifs is 1. The number of aliphatic hydroxyl groups excluding tert-OH is 1. The molecule has 14 heteroatoms. The number of halogens is 2. The van der Waals surface area contributed by atoms with E-state index in [9.17, 15) is 23.9 Å². The second kappa shape index (κ2) is 13.5. The lowest BCUT2D eigenvalue weighted by molar-refractivity contribution is -0.749. The fourth-order valence-electron chi connectivity index (χ4n) is 4.43. The summed E-state index contributed by atoms with van der Waals surface area (Å²) < 4.78 is 13.5. The van der Waals surface area contributed by atoms with Gasteiger partial charge in [-0.2, -0.15) is 10.8 Å². The van der Waals surface area contributed by atoms with Crippen LogP contribution in [0.5, 0.6) is 0 Å². The van der Waals surface area contributed by atoms with Crippen molar-refractivity contribution in [3.8, 4) is 0 Å². The van der Waals surface area contributed by atoms with Crippen molar-refractivity contribution in [2.45, 2.75) is 26.3 Å². The number of amides is 4. The fourth-order valence-corrected chi connectivity index (χ4v) is 4.58. The zero-order valence-electron chi connectivity index (χ0n) is 22.8. The van der Waals surface area contributed by atoms with Crippen LogP contribution < -0.4 is 21.8 Å². The van der Waals surface area contributed by atoms with Gasteiger partial charge in [-0.3, -0.25) is 14.6 Å². The molecule has 12 nitrogen and oxygen atoms in total. The van der Waals surface area contributed by atoms with E-state index in [0.29, 0.717) is 29.2 Å². The van der Waals surface area contributed by atoms with Gasteiger partial charge in [0, 0.05) is 43.2 Å². The number of likely N-dealkylation sites (N-methyl/N-ethyl adjacent to an activating group) is 1. The Hall–Kier alpha value is -4.43. The second-order valence-corrected chi connectivity index (χ2v) is 9.84. The van der Waals surface area contributed by atoms with Crippen molar-refractivity contribution >= 4 is 52.9 Å². The van der Waals surface area contributed by atoms with Crippen molar-refractivity contribution in [3.05, 3.63) is 82.7 Å². The Balaban J connectivity index is 1.41. The van der Waals surface area contributed by atoms with Gasteiger partial charge < -0.3 is 26.0 Å². The number of amidine groups is 1. The summed E-state index contributed by atoms with van der Waals surface area (Å²) >= 11 is 5.74. The highest BCUT2D eigenvalue weighted by atomic mass is 35.5. The molecule has 2 aliphatic rings. The van der Waals surface area contributed by atoms with E-state index in [2.05, 4.69) is 25.9 Å². The van der Waals surface area contributed by atoms with Gasteiger partial charge in [-0.1, -0.05) is 23.7 Å². The molecule has 2 heterocycles. The molecular weight excluding hydrogens is 567 g/mol. The van der Waals surface area contributed by atoms with Crippen LogP contribution >= 0.6 is 11.6 Å². The molecule has 2 aromatic rings. The highest BCUT2D eigenvalue weighted by molar-refractivity contribution is 6.40. The molecule has 0 bridgehead atoms. The SMILES string of the molecule is CCN(CCO)C(=O)CCC1=C2C=NC=C[N+]2(N)C(C(=O)Nc2cccc(CNC(=O)Nc3ccc(Cl)cc3F)c2)=N1. The Morgan fingerprint density at radius 3 is 2.71 bits per heavy atom. The van der Waals surface area contributed by atoms with Crippen molar-refractivity contribution in [2.75, 3.05) is 30.3 Å². The number of hydrogen-bond donors (Lipinski definition) is 5. The first kappa shape index (κ1) is 30.5. The zero-order chi connectivity index (χ0) is 30.3. The summed E-state index contributed by atoms with van der Waals surface area (Å²) in [4.78, 5) is 48.4. The van der Waals surface area contributed by atoms with E-state index in [1.54, 1.807) is 29.2 Å². The largest absolute Gasteiger partial charge is 0.395 e. The van der Waals surface area contributed by atoms with Crippen LogP contribution in [0.25, 0.3) is 0 Å². The first-order valence-corrected chi connectivity index (χ1v) is 13.5. The molecule has 0 fully saturated rings. The van der Waals surface area contributed by atoms with E-state index < -0.39 is 22.3 Å². The van der Waals surface area contributed by atoms with Crippen LogP contribution in [-0.4, -0.2) is 64.2 Å². The zero-order valence-corrected chi connectivity index (χ0v) is 23.6. The third kappa shape index (κ3) is 7.06. The third-order valence-electron chi connectivity index (χ3n) is 6.57. The summed E-state index contributed by atoms with van der Waals surface area (Å²) in [6.45, 7) is 2.48. The summed E-state index contributed by atoms with van der Waals surface area (Å²) in [6, 6.07) is 10.1. The van der Waals surface area contributed by atoms with Crippen LogP contribution in [0.3, 0.4) is 0 Å². The van der Waals surface area contributed by atoms with Crippen LogP contribution in [0, 0.1) is 5.82 Å². The van der Waals surface area contributed by atoms with Crippen LogP contribution in [-0.2, 0) is 16.1 Å². The number of anilines is 2. The first-order valence-electron chi connectivity index (χ1n) is 13.1. The Bertz CT molecular complexity index is 1510. The van der Waals surface area contributed by atoms with Crippen molar-refractivity contribution in [2.24, 2.45) is 15.8 Å². The van der Waals surface area contributed by atoms with E-state index in [1.807, 2.05) is 6.92 Å². The number of nitrogens with zero attached hydrogens (tertiary/aromatic N) is 4. The minimum absolute atomic E-state index is 0.00884. The number of carbonyl (C=O) groups excluding carboxylic acids is 3. The number of urea groups is 1. The van der Waals surface area contributed by atoms with Crippen molar-refractivity contribution in [1.82, 2.24) is 10.2 Å². The number of hydrogen-bond acceptors (Lipinski definition) is 7. The molecule has 0 radical (unpaired) electrons. The predicted molar refractivity (Wildman–Crippen MR) is 157 cm³/mol. The van der Waals surface area contributed by atoms with Gasteiger partial charge in [0.1, 0.15) is 17.7 Å². The molecule has 0 saturated heterocycles. The molecule has 42 heavy (non-hydrogen) atoms. The molecule has 0 spiro atoms. The van der Waals surface area contributed by atoms with Gasteiger partial charge in [-0.05, 0) is 42.8 Å². The number of aliphatic hydroxyl groups is 1. The molecule has 2 aromatic carbocycles. The maximum atomic E-state index is 14.0. The molecule has 4 rings (SSSR count). The molecule has 0 saturated carbocycles. The van der Waals surface area contributed by atoms with Crippen molar-refractivity contribution in [1.29, 1.82) is 0 Å². The number of nitrogens with two attached hydrogens (primary N) is 1. The minimum atomic E-state index is -0.663. The maximum Gasteiger partial charge on any atom is 0.333 e. The van der Waals surface area contributed by atoms with Gasteiger partial charge in [0.2, 0.25) is 11.6 Å². The Kier molecular flexibility index (Phi) is 9.80. The second-order valence-electron chi connectivity index (χ2n) is 9.40. The van der Waals surface area contributed by atoms with Gasteiger partial charge >= 0.3 is 17.8 Å². The summed E-state index contributed by atoms with van der Waals surface area (Å²) in [5.74, 6) is 5.20. The van der Waals surface area contributed by atoms with Crippen molar-refractivity contribution < 1.29 is 28.5 Å². The number of allylic oxidation sites excluding steroid dienone is 2. The van der Waals surface area contributed by atoms with Gasteiger partial charge in [0.05, 0.1) is 24.7 Å². The molecule has 0 aromatic heterocycles. The highest BCUT2D eigenvalue weighted by Crippen LogP contribution is 2.31. The first-order chi connectivity index (χ1) is 20.1. The average Bonchev–Trinajstić information content (AvgIpc) is 3.27. The van der Waals surface area contributed by atoms with Crippen molar-refractivity contribution in [3.63, 3.8) is 0 Å². The van der Waals surface area contributed by atoms with E-state index >= 15 is 0 Å². The number of carbonyl (C=O) groups is 3. The molecule has 6 N–H and O–H groups in total. The lowest BCUT2D eigenvalue weighted by Gasteiger charge is -2.25. The van der Waals surface area contributed by atoms with Gasteiger partial charge in [0.15, 0.2) is 0 Å². The van der Waals surface area contributed by atoms with E-state index in [4.69, 9.17) is 17.4 Å². The highest BCUT2D eigenvalue weighted by Gasteiger charge is 2.47. The summed E-state index contributed by atoms with van der Waals surface area (Å²) in [7, 11) is 0. The van der Waals surface area contributed by atoms with E-state index in [-0.39, 0.29) is 55.0 Å². The predicted octanol–water partition coefficient (Wildman–Crippen LogP) is 3.23. The van der Waals surface area contributed by atoms with E-state index in [1.165, 1.54) is 30.7 Å². The molecule has 220 valence electrons. The number of aliphatic imine (C=N–C) groups is 2. The number of quaternary nitrogens is 1. The topological polar surface area (TPSA) is 162 Å². The third-order valence-corrected chi connectivity index (χ3v) is 6.81. The normalized spacial score (nSPS) is 17.0. The fraction of sp³-hybridized carbons (Fsp3) is 0.250. The maximum absolute atomic E-state index is 14.0. The monoisotopic (exact) mass is 597 g/mol. The van der Waals surface area contributed by atoms with Gasteiger partial charge in [-0.15, -0.1) is 4.59 Å². The molecule has 1 unspecified atom stereocenters. The molecule has 1 atom stereocenters. The summed E-state index contributed by atoms with van der Waals surface area (Å²) in [5, 5.41) is 17.2. The summed E-state index contributed by atoms with van der Waals surface area (Å²) in [6.07, 6.45) is 4.86. The number of benzene rings is 2. The molecule has 0 aliphatic carbocycles. The smallest absolute Gasteiger partial charge is 0.333 e.